The van der Waals surface area contributed by atoms with Gasteiger partial charge in [0.2, 0.25) is 5.88 Å². The maximum absolute atomic E-state index is 14.5. The minimum absolute atomic E-state index is 0.0130. The van der Waals surface area contributed by atoms with Crippen molar-refractivity contribution in [2.75, 3.05) is 19.0 Å². The number of aromatic nitrogens is 3. The highest BCUT2D eigenvalue weighted by Gasteiger charge is 2.33. The van der Waals surface area contributed by atoms with Crippen LogP contribution in [-0.4, -0.2) is 40.6 Å². The molecule has 3 N–H and O–H groups in total. The molecule has 2 atom stereocenters. The number of anilines is 2. The first kappa shape index (κ1) is 22.1. The molecule has 8 nitrogen and oxygen atoms in total. The van der Waals surface area contributed by atoms with Crippen LogP contribution >= 0.6 is 0 Å². The Morgan fingerprint density at radius 3 is 2.97 bits per heavy atom. The van der Waals surface area contributed by atoms with Crippen molar-refractivity contribution in [2.45, 2.75) is 25.4 Å². The van der Waals surface area contributed by atoms with Gasteiger partial charge in [0, 0.05) is 36.0 Å². The largest absolute Gasteiger partial charge is 0.492 e. The Hall–Kier alpha value is -4.40. The summed E-state index contributed by atoms with van der Waals surface area (Å²) in [6.45, 7) is 2.45. The fourth-order valence-corrected chi connectivity index (χ4v) is 4.88. The lowest BCUT2D eigenvalue weighted by molar-refractivity contribution is 0.0941. The third-order valence-electron chi connectivity index (χ3n) is 6.57. The van der Waals surface area contributed by atoms with Crippen LogP contribution in [0.15, 0.2) is 54.7 Å². The van der Waals surface area contributed by atoms with Crippen LogP contribution < -0.4 is 20.1 Å². The second-order valence-corrected chi connectivity index (χ2v) is 8.88. The molecule has 36 heavy (non-hydrogen) atoms. The number of methoxy groups -OCH3 is 1. The third-order valence-corrected chi connectivity index (χ3v) is 6.57. The number of pyridine rings is 2. The molecule has 4 bridgehead atoms. The first-order chi connectivity index (χ1) is 17.5. The molecule has 3 aromatic heterocycles. The summed E-state index contributed by atoms with van der Waals surface area (Å²) in [6, 6.07) is 10.1. The van der Waals surface area contributed by atoms with Gasteiger partial charge in [-0.25, -0.2) is 9.37 Å². The number of para-hydroxylation sites is 1. The molecule has 1 aromatic carbocycles. The van der Waals surface area contributed by atoms with E-state index in [1.807, 2.05) is 25.1 Å². The molecule has 9 heteroatoms. The minimum atomic E-state index is -0.505. The average Bonchev–Trinajstić information content (AvgIpc) is 3.25. The van der Waals surface area contributed by atoms with Gasteiger partial charge in [0.1, 0.15) is 11.6 Å². The summed E-state index contributed by atoms with van der Waals surface area (Å²) in [5.74, 6) is -0.163. The number of fused-ring (bicyclic) bond motifs is 3. The number of halogens is 1. The van der Waals surface area contributed by atoms with Crippen molar-refractivity contribution >= 4 is 28.3 Å². The van der Waals surface area contributed by atoms with Crippen LogP contribution in [0.5, 0.6) is 11.6 Å². The van der Waals surface area contributed by atoms with E-state index in [4.69, 9.17) is 14.5 Å². The van der Waals surface area contributed by atoms with Crippen molar-refractivity contribution < 1.29 is 18.7 Å². The number of aromatic amines is 1. The summed E-state index contributed by atoms with van der Waals surface area (Å²) < 4.78 is 25.9. The molecule has 1 amide bonds. The SMILES string of the molecule is COc1c(F)cccc1Nc1c2[nH]c3c1C(=O)NC[C@H]3C/C=C\[C@H](C)Oc1ccc3nccc-2c3n1. The van der Waals surface area contributed by atoms with Crippen LogP contribution in [0.25, 0.3) is 22.3 Å². The minimum Gasteiger partial charge on any atom is -0.492 e. The van der Waals surface area contributed by atoms with E-state index in [2.05, 4.69) is 26.7 Å². The fraction of sp³-hybridized carbons (Fsp3) is 0.222. The van der Waals surface area contributed by atoms with Crippen molar-refractivity contribution in [3.63, 3.8) is 0 Å². The zero-order chi connectivity index (χ0) is 24.8. The molecule has 0 spiro atoms. The van der Waals surface area contributed by atoms with Crippen molar-refractivity contribution in [3.05, 3.63) is 71.8 Å². The van der Waals surface area contributed by atoms with E-state index in [1.54, 1.807) is 24.4 Å². The van der Waals surface area contributed by atoms with Crippen LogP contribution in [0.3, 0.4) is 0 Å². The Morgan fingerprint density at radius 1 is 1.22 bits per heavy atom. The van der Waals surface area contributed by atoms with E-state index in [-0.39, 0.29) is 23.7 Å². The zero-order valence-electron chi connectivity index (χ0n) is 19.8. The quantitative estimate of drug-likeness (QED) is 0.350. The number of hydrogen-bond donors (Lipinski definition) is 3. The van der Waals surface area contributed by atoms with E-state index < -0.39 is 5.82 Å². The lowest BCUT2D eigenvalue weighted by Crippen LogP contribution is -2.34. The number of carbonyl (C=O) groups is 1. The van der Waals surface area contributed by atoms with Gasteiger partial charge in [0.15, 0.2) is 11.6 Å². The summed E-state index contributed by atoms with van der Waals surface area (Å²) in [5, 5.41) is 6.30. The molecule has 182 valence electrons. The molecular formula is C27H24FN5O3. The summed E-state index contributed by atoms with van der Waals surface area (Å²) in [5.41, 5.74) is 4.92. The monoisotopic (exact) mass is 485 g/mol. The van der Waals surface area contributed by atoms with Gasteiger partial charge in [-0.3, -0.25) is 9.78 Å². The first-order valence-electron chi connectivity index (χ1n) is 11.8. The smallest absolute Gasteiger partial charge is 0.255 e. The van der Waals surface area contributed by atoms with Gasteiger partial charge in [0.05, 0.1) is 35.3 Å². The number of amides is 1. The maximum atomic E-state index is 14.5. The van der Waals surface area contributed by atoms with Gasteiger partial charge in [0.25, 0.3) is 5.91 Å². The number of nitrogens with one attached hydrogen (secondary N) is 3. The Morgan fingerprint density at radius 2 is 2.11 bits per heavy atom. The van der Waals surface area contributed by atoms with Gasteiger partial charge in [-0.05, 0) is 43.7 Å². The van der Waals surface area contributed by atoms with E-state index in [1.165, 1.54) is 13.2 Å². The van der Waals surface area contributed by atoms with Gasteiger partial charge in [-0.15, -0.1) is 0 Å². The van der Waals surface area contributed by atoms with Crippen LogP contribution in [0.1, 0.15) is 35.3 Å². The zero-order valence-corrected chi connectivity index (χ0v) is 19.8. The molecule has 2 aliphatic rings. The van der Waals surface area contributed by atoms with Crippen molar-refractivity contribution in [2.24, 2.45) is 0 Å². The van der Waals surface area contributed by atoms with Crippen molar-refractivity contribution in [1.29, 1.82) is 0 Å². The standard InChI is InChI=1S/C27H24FN5O3/c1-14-5-3-6-15-13-30-27(34)21-22(15)33-24(25(21)31-19-8-4-7-17(28)26(19)35-2)16-11-12-29-18-9-10-20(36-14)32-23(16)18/h3-5,7-12,14-15,31,33H,6,13H2,1-2H3,(H,30,34)/b5-3-/t14-,15+/m0/s1. The summed E-state index contributed by atoms with van der Waals surface area (Å²) in [4.78, 5) is 26.0. The molecule has 0 saturated heterocycles. The van der Waals surface area contributed by atoms with Crippen molar-refractivity contribution in [3.8, 4) is 22.9 Å². The van der Waals surface area contributed by atoms with Crippen LogP contribution in [0.2, 0.25) is 0 Å². The summed E-state index contributed by atoms with van der Waals surface area (Å²) in [7, 11) is 1.41. The predicted octanol–water partition coefficient (Wildman–Crippen LogP) is 5.07. The molecule has 0 saturated carbocycles. The van der Waals surface area contributed by atoms with E-state index in [0.29, 0.717) is 52.5 Å². The number of benzene rings is 1. The molecule has 4 aromatic rings. The van der Waals surface area contributed by atoms with Gasteiger partial charge >= 0.3 is 0 Å². The van der Waals surface area contributed by atoms with Crippen molar-refractivity contribution in [1.82, 2.24) is 20.3 Å². The Kier molecular flexibility index (Phi) is 5.32. The normalized spacial score (nSPS) is 19.5. The highest BCUT2D eigenvalue weighted by atomic mass is 19.1. The summed E-state index contributed by atoms with van der Waals surface area (Å²) in [6.07, 6.45) is 6.27. The van der Waals surface area contributed by atoms with E-state index in [0.717, 1.165) is 11.3 Å². The maximum Gasteiger partial charge on any atom is 0.255 e. The molecule has 0 fully saturated rings. The topological polar surface area (TPSA) is 101 Å². The van der Waals surface area contributed by atoms with Crippen LogP contribution in [0, 0.1) is 5.82 Å². The second-order valence-electron chi connectivity index (χ2n) is 8.88. The number of rotatable bonds is 3. The molecular weight excluding hydrogens is 461 g/mol. The fourth-order valence-electron chi connectivity index (χ4n) is 4.88. The molecule has 2 aliphatic heterocycles. The van der Waals surface area contributed by atoms with Crippen LogP contribution in [-0.2, 0) is 0 Å². The number of nitrogens with zero attached hydrogens (tertiary/aromatic N) is 2. The lowest BCUT2D eigenvalue weighted by atomic mass is 9.93. The van der Waals surface area contributed by atoms with Crippen LogP contribution in [0.4, 0.5) is 15.8 Å². The lowest BCUT2D eigenvalue weighted by Gasteiger charge is -2.23. The van der Waals surface area contributed by atoms with E-state index in [9.17, 15) is 9.18 Å². The highest BCUT2D eigenvalue weighted by Crippen LogP contribution is 2.43. The number of ether oxygens (including phenoxy) is 2. The highest BCUT2D eigenvalue weighted by molar-refractivity contribution is 6.08. The second kappa shape index (κ2) is 8.67. The Bertz CT molecular complexity index is 1530. The van der Waals surface area contributed by atoms with Gasteiger partial charge in [-0.2, -0.15) is 0 Å². The van der Waals surface area contributed by atoms with E-state index >= 15 is 0 Å². The number of H-pyrrole nitrogens is 1. The molecule has 5 heterocycles. The molecule has 0 radical (unpaired) electrons. The number of carbonyl (C=O) groups excluding carboxylic acids is 1. The third kappa shape index (κ3) is 3.64. The predicted molar refractivity (Wildman–Crippen MR) is 134 cm³/mol. The molecule has 0 unspecified atom stereocenters. The Balaban J connectivity index is 1.64. The average molecular weight is 486 g/mol. The number of hydrogen-bond acceptors (Lipinski definition) is 6. The first-order valence-corrected chi connectivity index (χ1v) is 11.8. The molecule has 6 rings (SSSR count). The Labute approximate surface area is 206 Å². The number of allylic oxidation sites excluding steroid dienone is 1. The van der Waals surface area contributed by atoms with Gasteiger partial charge < -0.3 is 25.1 Å². The molecule has 0 aliphatic carbocycles. The van der Waals surface area contributed by atoms with Gasteiger partial charge in [-0.1, -0.05) is 12.1 Å². The summed E-state index contributed by atoms with van der Waals surface area (Å²) >= 11 is 0.